The molecule has 72 valence electrons. The van der Waals surface area contributed by atoms with Crippen molar-refractivity contribution in [3.05, 3.63) is 27.8 Å². The summed E-state index contributed by atoms with van der Waals surface area (Å²) in [6, 6.07) is 8.03. The maximum Gasteiger partial charge on any atom is 0.120 e. The summed E-state index contributed by atoms with van der Waals surface area (Å²) in [5, 5.41) is 0. The average molecular weight is 292 g/mol. The first kappa shape index (κ1) is 10.8. The van der Waals surface area contributed by atoms with E-state index in [4.69, 9.17) is 9.47 Å². The second-order valence-corrected chi connectivity index (χ2v) is 3.90. The summed E-state index contributed by atoms with van der Waals surface area (Å²) in [7, 11) is 1.70. The molecule has 0 amide bonds. The molecule has 0 heterocycles. The fourth-order valence-corrected chi connectivity index (χ4v) is 1.46. The van der Waals surface area contributed by atoms with Crippen molar-refractivity contribution in [3.8, 4) is 5.75 Å². The molecule has 0 spiro atoms. The largest absolute Gasteiger partial charge is 0.493 e. The fourth-order valence-electron chi connectivity index (χ4n) is 0.950. The number of hydrogen-bond donors (Lipinski definition) is 0. The fraction of sp³-hybridized carbons (Fsp3) is 0.400. The van der Waals surface area contributed by atoms with E-state index in [1.807, 2.05) is 24.3 Å². The van der Waals surface area contributed by atoms with Crippen LogP contribution in [-0.2, 0) is 4.74 Å². The van der Waals surface area contributed by atoms with Crippen molar-refractivity contribution in [1.29, 1.82) is 0 Å². The molecule has 1 aromatic carbocycles. The Balaban J connectivity index is 2.28. The van der Waals surface area contributed by atoms with E-state index in [-0.39, 0.29) is 0 Å². The highest BCUT2D eigenvalue weighted by Gasteiger charge is 1.93. The minimum absolute atomic E-state index is 0.716. The Morgan fingerprint density at radius 3 is 2.85 bits per heavy atom. The highest BCUT2D eigenvalue weighted by Crippen LogP contribution is 2.14. The first-order valence-corrected chi connectivity index (χ1v) is 5.28. The summed E-state index contributed by atoms with van der Waals surface area (Å²) in [6.07, 6.45) is 0.933. The number of halogens is 1. The molecule has 0 unspecified atom stereocenters. The Kier molecular flexibility index (Phi) is 5.15. The molecule has 0 aliphatic carbocycles. The van der Waals surface area contributed by atoms with Gasteiger partial charge in [0, 0.05) is 23.7 Å². The van der Waals surface area contributed by atoms with Gasteiger partial charge in [-0.25, -0.2) is 0 Å². The molecule has 0 atom stereocenters. The predicted octanol–water partition coefficient (Wildman–Crippen LogP) is 2.71. The maximum absolute atomic E-state index is 5.50. The van der Waals surface area contributed by atoms with E-state index >= 15 is 0 Å². The SMILES string of the molecule is COCCCOc1cccc(I)c1. The molecule has 1 rings (SSSR count). The summed E-state index contributed by atoms with van der Waals surface area (Å²) in [5.41, 5.74) is 0. The monoisotopic (exact) mass is 292 g/mol. The van der Waals surface area contributed by atoms with Gasteiger partial charge in [-0.2, -0.15) is 0 Å². The highest BCUT2D eigenvalue weighted by molar-refractivity contribution is 14.1. The van der Waals surface area contributed by atoms with Crippen molar-refractivity contribution < 1.29 is 9.47 Å². The van der Waals surface area contributed by atoms with Crippen LogP contribution in [0.5, 0.6) is 5.75 Å². The Labute approximate surface area is 92.4 Å². The van der Waals surface area contributed by atoms with Gasteiger partial charge in [0.05, 0.1) is 6.61 Å². The van der Waals surface area contributed by atoms with Gasteiger partial charge in [-0.3, -0.25) is 0 Å². The zero-order valence-electron chi connectivity index (χ0n) is 7.63. The van der Waals surface area contributed by atoms with Crippen molar-refractivity contribution in [2.45, 2.75) is 6.42 Å². The normalized spacial score (nSPS) is 10.0. The van der Waals surface area contributed by atoms with Crippen molar-refractivity contribution in [1.82, 2.24) is 0 Å². The second kappa shape index (κ2) is 6.21. The Morgan fingerprint density at radius 1 is 1.31 bits per heavy atom. The molecule has 2 nitrogen and oxygen atoms in total. The lowest BCUT2D eigenvalue weighted by Gasteiger charge is -2.05. The van der Waals surface area contributed by atoms with Crippen LogP contribution >= 0.6 is 22.6 Å². The topological polar surface area (TPSA) is 18.5 Å². The first-order valence-electron chi connectivity index (χ1n) is 4.20. The number of methoxy groups -OCH3 is 1. The van der Waals surface area contributed by atoms with Gasteiger partial charge in [0.15, 0.2) is 0 Å². The summed E-state index contributed by atoms with van der Waals surface area (Å²) < 4.78 is 11.6. The zero-order valence-corrected chi connectivity index (χ0v) is 9.78. The molecule has 0 N–H and O–H groups in total. The van der Waals surface area contributed by atoms with Gasteiger partial charge >= 0.3 is 0 Å². The summed E-state index contributed by atoms with van der Waals surface area (Å²) in [6.45, 7) is 1.47. The van der Waals surface area contributed by atoms with Crippen LogP contribution < -0.4 is 4.74 Å². The number of rotatable bonds is 5. The molecule has 3 heteroatoms. The lowest BCUT2D eigenvalue weighted by Crippen LogP contribution is -2.01. The molecule has 0 saturated heterocycles. The van der Waals surface area contributed by atoms with E-state index in [0.29, 0.717) is 6.61 Å². The Morgan fingerprint density at radius 2 is 2.15 bits per heavy atom. The predicted molar refractivity (Wildman–Crippen MR) is 61.1 cm³/mol. The quantitative estimate of drug-likeness (QED) is 0.613. The molecule has 0 aromatic heterocycles. The highest BCUT2D eigenvalue weighted by atomic mass is 127. The lowest BCUT2D eigenvalue weighted by molar-refractivity contribution is 0.172. The van der Waals surface area contributed by atoms with Crippen molar-refractivity contribution in [3.63, 3.8) is 0 Å². The number of hydrogen-bond acceptors (Lipinski definition) is 2. The van der Waals surface area contributed by atoms with Crippen LogP contribution in [0.2, 0.25) is 0 Å². The van der Waals surface area contributed by atoms with E-state index in [0.717, 1.165) is 18.8 Å². The average Bonchev–Trinajstić information content (AvgIpc) is 2.13. The van der Waals surface area contributed by atoms with E-state index in [9.17, 15) is 0 Å². The van der Waals surface area contributed by atoms with Gasteiger partial charge in [0.2, 0.25) is 0 Å². The van der Waals surface area contributed by atoms with Crippen LogP contribution in [0.3, 0.4) is 0 Å². The number of ether oxygens (including phenoxy) is 2. The van der Waals surface area contributed by atoms with Gasteiger partial charge in [-0.15, -0.1) is 0 Å². The van der Waals surface area contributed by atoms with E-state index in [1.165, 1.54) is 3.57 Å². The van der Waals surface area contributed by atoms with Crippen LogP contribution in [0, 0.1) is 3.57 Å². The van der Waals surface area contributed by atoms with Crippen LogP contribution in [0.1, 0.15) is 6.42 Å². The van der Waals surface area contributed by atoms with Gasteiger partial charge in [-0.1, -0.05) is 6.07 Å². The molecular weight excluding hydrogens is 279 g/mol. The summed E-state index contributed by atoms with van der Waals surface area (Å²) >= 11 is 2.27. The molecule has 0 radical (unpaired) electrons. The molecule has 0 aliphatic heterocycles. The van der Waals surface area contributed by atoms with Crippen molar-refractivity contribution in [2.75, 3.05) is 20.3 Å². The van der Waals surface area contributed by atoms with Gasteiger partial charge in [-0.05, 0) is 40.8 Å². The van der Waals surface area contributed by atoms with Crippen molar-refractivity contribution >= 4 is 22.6 Å². The van der Waals surface area contributed by atoms with Crippen molar-refractivity contribution in [2.24, 2.45) is 0 Å². The second-order valence-electron chi connectivity index (χ2n) is 2.65. The smallest absolute Gasteiger partial charge is 0.120 e. The third kappa shape index (κ3) is 4.47. The van der Waals surface area contributed by atoms with E-state index in [1.54, 1.807) is 7.11 Å². The Hall–Kier alpha value is -0.290. The summed E-state index contributed by atoms with van der Waals surface area (Å²) in [4.78, 5) is 0. The molecule has 0 fully saturated rings. The van der Waals surface area contributed by atoms with Crippen LogP contribution in [0.25, 0.3) is 0 Å². The molecule has 0 aliphatic rings. The van der Waals surface area contributed by atoms with Crippen LogP contribution in [0.15, 0.2) is 24.3 Å². The zero-order chi connectivity index (χ0) is 9.52. The van der Waals surface area contributed by atoms with Gasteiger partial charge in [0.1, 0.15) is 5.75 Å². The minimum Gasteiger partial charge on any atom is -0.493 e. The maximum atomic E-state index is 5.50. The van der Waals surface area contributed by atoms with E-state index < -0.39 is 0 Å². The number of benzene rings is 1. The Bertz CT molecular complexity index is 250. The molecule has 1 aromatic rings. The standard InChI is InChI=1S/C10H13IO2/c1-12-6-3-7-13-10-5-2-4-9(11)8-10/h2,4-5,8H,3,6-7H2,1H3. The third-order valence-corrected chi connectivity index (χ3v) is 2.23. The van der Waals surface area contributed by atoms with Crippen LogP contribution in [0.4, 0.5) is 0 Å². The third-order valence-electron chi connectivity index (χ3n) is 1.56. The first-order chi connectivity index (χ1) is 6.33. The van der Waals surface area contributed by atoms with Crippen LogP contribution in [-0.4, -0.2) is 20.3 Å². The molecule has 13 heavy (non-hydrogen) atoms. The molecule has 0 saturated carbocycles. The lowest BCUT2D eigenvalue weighted by atomic mass is 10.3. The summed E-state index contributed by atoms with van der Waals surface area (Å²) in [5.74, 6) is 0.933. The van der Waals surface area contributed by atoms with E-state index in [2.05, 4.69) is 22.6 Å². The molecule has 0 bridgehead atoms. The van der Waals surface area contributed by atoms with Gasteiger partial charge in [0.25, 0.3) is 0 Å². The molecular formula is C10H13IO2. The minimum atomic E-state index is 0.716. The van der Waals surface area contributed by atoms with Gasteiger partial charge < -0.3 is 9.47 Å².